The van der Waals surface area contributed by atoms with E-state index in [1.54, 1.807) is 30.0 Å². The van der Waals surface area contributed by atoms with Gasteiger partial charge in [0.05, 0.1) is 5.52 Å². The van der Waals surface area contributed by atoms with E-state index < -0.39 is 5.76 Å². The number of benzene rings is 1. The van der Waals surface area contributed by atoms with Crippen LogP contribution >= 0.6 is 0 Å². The zero-order valence-electron chi connectivity index (χ0n) is 18.5. The molecule has 1 aromatic carbocycles. The quantitative estimate of drug-likeness (QED) is 0.634. The molecule has 33 heavy (non-hydrogen) atoms. The van der Waals surface area contributed by atoms with Gasteiger partial charge in [-0.1, -0.05) is 0 Å². The Balaban J connectivity index is 1.40. The Labute approximate surface area is 189 Å². The molecule has 0 saturated carbocycles. The molecule has 9 heteroatoms. The zero-order chi connectivity index (χ0) is 23.1. The molecule has 3 aromatic rings. The fraction of sp³-hybridized carbons (Fsp3) is 0.417. The molecule has 2 aromatic heterocycles. The second-order valence-electron chi connectivity index (χ2n) is 8.79. The lowest BCUT2D eigenvalue weighted by Crippen LogP contribution is -2.39. The molecule has 1 aliphatic carbocycles. The lowest BCUT2D eigenvalue weighted by Gasteiger charge is -2.26. The summed E-state index contributed by atoms with van der Waals surface area (Å²) in [5.41, 5.74) is 3.71. The van der Waals surface area contributed by atoms with Crippen molar-refractivity contribution in [2.24, 2.45) is 0 Å². The highest BCUT2D eigenvalue weighted by Gasteiger charge is 2.26. The third kappa shape index (κ3) is 3.88. The second-order valence-corrected chi connectivity index (χ2v) is 8.79. The number of Topliss-reactive ketones (excluding diaryl/α,β-unsaturated/α-hetero) is 1. The Morgan fingerprint density at radius 2 is 1.88 bits per heavy atom. The SMILES string of the molecule is Cc1c(C(=O)Nc2ccc3oc(=O)n(CC(=O)N4CCCCC4)c3c2)[nH]c2c1C(=O)CCC2. The van der Waals surface area contributed by atoms with Crippen LogP contribution in [0.1, 0.15) is 64.2 Å². The fourth-order valence-corrected chi connectivity index (χ4v) is 4.86. The number of amides is 2. The minimum atomic E-state index is -0.606. The van der Waals surface area contributed by atoms with Crippen LogP contribution in [-0.4, -0.2) is 45.1 Å². The molecule has 1 saturated heterocycles. The third-order valence-electron chi connectivity index (χ3n) is 6.59. The lowest BCUT2D eigenvalue weighted by atomic mass is 9.94. The fourth-order valence-electron chi connectivity index (χ4n) is 4.86. The molecule has 2 amide bonds. The van der Waals surface area contributed by atoms with Crippen LogP contribution in [0.3, 0.4) is 0 Å². The normalized spacial score (nSPS) is 16.2. The van der Waals surface area contributed by atoms with Crippen LogP contribution in [0.4, 0.5) is 5.69 Å². The highest BCUT2D eigenvalue weighted by atomic mass is 16.4. The van der Waals surface area contributed by atoms with Crippen molar-refractivity contribution in [1.29, 1.82) is 0 Å². The van der Waals surface area contributed by atoms with Crippen molar-refractivity contribution in [3.8, 4) is 0 Å². The molecule has 0 spiro atoms. The number of aromatic amines is 1. The van der Waals surface area contributed by atoms with E-state index in [0.29, 0.717) is 53.1 Å². The second kappa shape index (κ2) is 8.38. The Morgan fingerprint density at radius 1 is 1.09 bits per heavy atom. The minimum Gasteiger partial charge on any atom is -0.408 e. The van der Waals surface area contributed by atoms with E-state index in [0.717, 1.165) is 37.8 Å². The van der Waals surface area contributed by atoms with Gasteiger partial charge >= 0.3 is 5.76 Å². The van der Waals surface area contributed by atoms with Crippen molar-refractivity contribution < 1.29 is 18.8 Å². The molecule has 0 bridgehead atoms. The van der Waals surface area contributed by atoms with E-state index in [1.807, 2.05) is 0 Å². The first-order valence-electron chi connectivity index (χ1n) is 11.4. The Morgan fingerprint density at radius 3 is 2.64 bits per heavy atom. The number of aromatic nitrogens is 2. The molecule has 0 unspecified atom stereocenters. The van der Waals surface area contributed by atoms with E-state index in [9.17, 15) is 19.2 Å². The predicted octanol–water partition coefficient (Wildman–Crippen LogP) is 3.01. The summed E-state index contributed by atoms with van der Waals surface area (Å²) < 4.78 is 6.60. The van der Waals surface area contributed by atoms with E-state index >= 15 is 0 Å². The van der Waals surface area contributed by atoms with Gasteiger partial charge in [0.25, 0.3) is 5.91 Å². The number of piperidine rings is 1. The third-order valence-corrected chi connectivity index (χ3v) is 6.59. The molecule has 172 valence electrons. The summed E-state index contributed by atoms with van der Waals surface area (Å²) in [6.07, 6.45) is 5.06. The van der Waals surface area contributed by atoms with Gasteiger partial charge in [-0.05, 0) is 62.8 Å². The number of ketones is 1. The molecular weight excluding hydrogens is 424 g/mol. The highest BCUT2D eigenvalue weighted by molar-refractivity contribution is 6.08. The lowest BCUT2D eigenvalue weighted by molar-refractivity contribution is -0.132. The number of carbonyl (C=O) groups excluding carboxylic acids is 3. The van der Waals surface area contributed by atoms with Crippen molar-refractivity contribution >= 4 is 34.4 Å². The zero-order valence-corrected chi connectivity index (χ0v) is 18.5. The number of nitrogens with one attached hydrogen (secondary N) is 2. The Kier molecular flexibility index (Phi) is 5.39. The van der Waals surface area contributed by atoms with E-state index in [-0.39, 0.29) is 24.1 Å². The Hall–Kier alpha value is -3.62. The molecule has 3 heterocycles. The van der Waals surface area contributed by atoms with Crippen molar-refractivity contribution in [3.05, 3.63) is 51.3 Å². The number of hydrogen-bond acceptors (Lipinski definition) is 5. The van der Waals surface area contributed by atoms with Crippen molar-refractivity contribution in [2.75, 3.05) is 18.4 Å². The number of oxazole rings is 1. The van der Waals surface area contributed by atoms with E-state index in [2.05, 4.69) is 10.3 Å². The van der Waals surface area contributed by atoms with Crippen LogP contribution in [0.25, 0.3) is 11.1 Å². The van der Waals surface area contributed by atoms with Crippen LogP contribution in [-0.2, 0) is 17.8 Å². The summed E-state index contributed by atoms with van der Waals surface area (Å²) in [4.78, 5) is 55.2. The van der Waals surface area contributed by atoms with Crippen LogP contribution < -0.4 is 11.1 Å². The largest absolute Gasteiger partial charge is 0.420 e. The molecule has 9 nitrogen and oxygen atoms in total. The van der Waals surface area contributed by atoms with E-state index in [4.69, 9.17) is 4.42 Å². The van der Waals surface area contributed by atoms with E-state index in [1.165, 1.54) is 4.57 Å². The number of H-pyrrole nitrogens is 1. The number of rotatable bonds is 4. The molecule has 5 rings (SSSR count). The summed E-state index contributed by atoms with van der Waals surface area (Å²) >= 11 is 0. The summed E-state index contributed by atoms with van der Waals surface area (Å²) in [6.45, 7) is 3.07. The van der Waals surface area contributed by atoms with Crippen molar-refractivity contribution in [3.63, 3.8) is 0 Å². The summed E-state index contributed by atoms with van der Waals surface area (Å²) in [7, 11) is 0. The molecule has 0 atom stereocenters. The molecule has 1 aliphatic heterocycles. The number of carbonyl (C=O) groups is 3. The smallest absolute Gasteiger partial charge is 0.408 e. The van der Waals surface area contributed by atoms with Gasteiger partial charge in [-0.25, -0.2) is 4.79 Å². The van der Waals surface area contributed by atoms with Gasteiger partial charge in [0.1, 0.15) is 12.2 Å². The molecular formula is C24H26N4O5. The topological polar surface area (TPSA) is 117 Å². The highest BCUT2D eigenvalue weighted by Crippen LogP contribution is 2.27. The van der Waals surface area contributed by atoms with Gasteiger partial charge in [-0.15, -0.1) is 0 Å². The average Bonchev–Trinajstić information content (AvgIpc) is 3.31. The van der Waals surface area contributed by atoms with Gasteiger partial charge in [0, 0.05) is 36.5 Å². The van der Waals surface area contributed by atoms with Crippen molar-refractivity contribution in [2.45, 2.75) is 52.0 Å². The number of fused-ring (bicyclic) bond motifs is 2. The van der Waals surface area contributed by atoms with Gasteiger partial charge in [-0.3, -0.25) is 19.0 Å². The number of anilines is 1. The maximum Gasteiger partial charge on any atom is 0.420 e. The molecule has 2 aliphatic rings. The summed E-state index contributed by atoms with van der Waals surface area (Å²) in [5, 5.41) is 2.83. The molecule has 2 N–H and O–H groups in total. The van der Waals surface area contributed by atoms with Crippen LogP contribution in [0, 0.1) is 6.92 Å². The number of aryl methyl sites for hydroxylation is 1. The van der Waals surface area contributed by atoms with Crippen molar-refractivity contribution in [1.82, 2.24) is 14.5 Å². The molecule has 0 radical (unpaired) electrons. The maximum atomic E-state index is 13.0. The number of likely N-dealkylation sites (tertiary alicyclic amines) is 1. The van der Waals surface area contributed by atoms with Crippen LogP contribution in [0.5, 0.6) is 0 Å². The predicted molar refractivity (Wildman–Crippen MR) is 122 cm³/mol. The average molecular weight is 450 g/mol. The van der Waals surface area contributed by atoms with Gasteiger partial charge < -0.3 is 19.6 Å². The number of hydrogen-bond donors (Lipinski definition) is 2. The van der Waals surface area contributed by atoms with Crippen LogP contribution in [0.2, 0.25) is 0 Å². The first-order valence-corrected chi connectivity index (χ1v) is 11.4. The summed E-state index contributed by atoms with van der Waals surface area (Å²) in [5.74, 6) is -1.03. The van der Waals surface area contributed by atoms with Gasteiger partial charge in [0.15, 0.2) is 11.4 Å². The van der Waals surface area contributed by atoms with Gasteiger partial charge in [0.2, 0.25) is 5.91 Å². The maximum absolute atomic E-state index is 13.0. The minimum absolute atomic E-state index is 0.0613. The van der Waals surface area contributed by atoms with Crippen LogP contribution in [0.15, 0.2) is 27.4 Å². The monoisotopic (exact) mass is 450 g/mol. The first-order chi connectivity index (χ1) is 15.9. The number of nitrogens with zero attached hydrogens (tertiary/aromatic N) is 2. The Bertz CT molecular complexity index is 1320. The van der Waals surface area contributed by atoms with Gasteiger partial charge in [-0.2, -0.15) is 0 Å². The summed E-state index contributed by atoms with van der Waals surface area (Å²) in [6, 6.07) is 4.87. The first kappa shape index (κ1) is 21.2. The standard InChI is InChI=1S/C24H26N4O5/c1-14-21-16(6-5-7-18(21)29)26-22(14)23(31)25-15-8-9-19-17(12-15)28(24(32)33-19)13-20(30)27-10-3-2-4-11-27/h8-9,12,26H,2-7,10-11,13H2,1H3,(H,25,31). The molecule has 1 fully saturated rings.